The molecule has 1 aliphatic heterocycles. The van der Waals surface area contributed by atoms with Crippen molar-refractivity contribution >= 4 is 11.9 Å². The molecular formula is C17H31N3O3. The van der Waals surface area contributed by atoms with Crippen LogP contribution in [0.4, 0.5) is 0 Å². The van der Waals surface area contributed by atoms with Gasteiger partial charge in [-0.05, 0) is 45.4 Å². The highest BCUT2D eigenvalue weighted by atomic mass is 16.5. The summed E-state index contributed by atoms with van der Waals surface area (Å²) in [6, 6.07) is 0. The highest BCUT2D eigenvalue weighted by Crippen LogP contribution is 2.28. The number of hydrogen-bond donors (Lipinski definition) is 1. The van der Waals surface area contributed by atoms with Gasteiger partial charge in [0.2, 0.25) is 0 Å². The molecule has 6 nitrogen and oxygen atoms in total. The van der Waals surface area contributed by atoms with Crippen molar-refractivity contribution in [1.82, 2.24) is 10.2 Å². The molecule has 1 atom stereocenters. The van der Waals surface area contributed by atoms with E-state index in [4.69, 9.17) is 9.47 Å². The zero-order chi connectivity index (χ0) is 16.5. The summed E-state index contributed by atoms with van der Waals surface area (Å²) in [7, 11) is 0. The Hall–Kier alpha value is -1.30. The summed E-state index contributed by atoms with van der Waals surface area (Å²) in [4.78, 5) is 18.8. The zero-order valence-electron chi connectivity index (χ0n) is 14.6. The maximum atomic E-state index is 12.0. The fraction of sp³-hybridized carbons (Fsp3) is 0.882. The normalized spacial score (nSPS) is 22.1. The molecule has 0 aromatic carbocycles. The predicted molar refractivity (Wildman–Crippen MR) is 90.5 cm³/mol. The van der Waals surface area contributed by atoms with Crippen molar-refractivity contribution in [3.8, 4) is 0 Å². The number of rotatable bonds is 8. The number of esters is 1. The number of aliphatic imine (C=N–C) groups is 1. The minimum absolute atomic E-state index is 0.0429. The highest BCUT2D eigenvalue weighted by molar-refractivity contribution is 5.81. The van der Waals surface area contributed by atoms with E-state index < -0.39 is 0 Å². The maximum Gasteiger partial charge on any atom is 0.310 e. The van der Waals surface area contributed by atoms with Crippen LogP contribution in [-0.4, -0.2) is 62.8 Å². The molecule has 6 heteroatoms. The van der Waals surface area contributed by atoms with Crippen molar-refractivity contribution in [2.24, 2.45) is 16.8 Å². The lowest BCUT2D eigenvalue weighted by Gasteiger charge is -2.34. The lowest BCUT2D eigenvalue weighted by Crippen LogP contribution is -2.48. The summed E-state index contributed by atoms with van der Waals surface area (Å²) in [5, 5.41) is 3.32. The highest BCUT2D eigenvalue weighted by Gasteiger charge is 2.28. The van der Waals surface area contributed by atoms with E-state index in [0.29, 0.717) is 26.3 Å². The van der Waals surface area contributed by atoms with Crippen LogP contribution in [0.15, 0.2) is 4.99 Å². The Balaban J connectivity index is 1.80. The summed E-state index contributed by atoms with van der Waals surface area (Å²) < 4.78 is 10.8. The fourth-order valence-electron chi connectivity index (χ4n) is 2.80. The average Bonchev–Trinajstić information content (AvgIpc) is 3.38. The van der Waals surface area contributed by atoms with Crippen LogP contribution < -0.4 is 5.32 Å². The van der Waals surface area contributed by atoms with Crippen LogP contribution in [0.1, 0.15) is 39.5 Å². The number of nitrogens with one attached hydrogen (secondary N) is 1. The molecule has 2 rings (SSSR count). The minimum atomic E-state index is -0.0826. The van der Waals surface area contributed by atoms with Gasteiger partial charge in [0.05, 0.1) is 25.7 Å². The third-order valence-corrected chi connectivity index (χ3v) is 4.22. The molecule has 0 aromatic rings. The molecule has 132 valence electrons. The SMILES string of the molecule is CCNC(=NCCOCC1CC1)N1CCCC(C(=O)OCC)C1. The van der Waals surface area contributed by atoms with Gasteiger partial charge in [0, 0.05) is 26.2 Å². The molecule has 1 unspecified atom stereocenters. The van der Waals surface area contributed by atoms with Crippen LogP contribution in [0.25, 0.3) is 0 Å². The van der Waals surface area contributed by atoms with Gasteiger partial charge in [0.25, 0.3) is 0 Å². The molecule has 0 amide bonds. The zero-order valence-corrected chi connectivity index (χ0v) is 14.6. The van der Waals surface area contributed by atoms with Gasteiger partial charge in [-0.25, -0.2) is 0 Å². The molecule has 0 spiro atoms. The van der Waals surface area contributed by atoms with Gasteiger partial charge in [0.15, 0.2) is 5.96 Å². The van der Waals surface area contributed by atoms with E-state index in [2.05, 4.69) is 22.1 Å². The second kappa shape index (κ2) is 9.75. The molecule has 0 bridgehead atoms. The first kappa shape index (κ1) is 18.0. The Bertz CT molecular complexity index is 397. The Kier molecular flexibility index (Phi) is 7.65. The van der Waals surface area contributed by atoms with Crippen molar-refractivity contribution in [3.63, 3.8) is 0 Å². The second-order valence-corrected chi connectivity index (χ2v) is 6.29. The van der Waals surface area contributed by atoms with Crippen LogP contribution in [0.2, 0.25) is 0 Å². The van der Waals surface area contributed by atoms with Gasteiger partial charge >= 0.3 is 5.97 Å². The lowest BCUT2D eigenvalue weighted by atomic mass is 9.98. The van der Waals surface area contributed by atoms with Gasteiger partial charge in [-0.2, -0.15) is 0 Å². The number of piperidine rings is 1. The van der Waals surface area contributed by atoms with Gasteiger partial charge in [-0.3, -0.25) is 9.79 Å². The Morgan fingerprint density at radius 3 is 2.83 bits per heavy atom. The topological polar surface area (TPSA) is 63.2 Å². The summed E-state index contributed by atoms with van der Waals surface area (Å²) >= 11 is 0. The first-order valence-corrected chi connectivity index (χ1v) is 9.02. The van der Waals surface area contributed by atoms with Gasteiger partial charge in [-0.1, -0.05) is 0 Å². The minimum Gasteiger partial charge on any atom is -0.466 e. The second-order valence-electron chi connectivity index (χ2n) is 6.29. The number of guanidine groups is 1. The van der Waals surface area contributed by atoms with E-state index in [1.165, 1.54) is 12.8 Å². The number of nitrogens with zero attached hydrogens (tertiary/aromatic N) is 2. The van der Waals surface area contributed by atoms with E-state index in [-0.39, 0.29) is 11.9 Å². The Labute approximate surface area is 139 Å². The van der Waals surface area contributed by atoms with Gasteiger partial charge < -0.3 is 19.7 Å². The molecule has 0 radical (unpaired) electrons. The van der Waals surface area contributed by atoms with Crippen LogP contribution in [-0.2, 0) is 14.3 Å². The smallest absolute Gasteiger partial charge is 0.310 e. The third-order valence-electron chi connectivity index (χ3n) is 4.22. The van der Waals surface area contributed by atoms with E-state index >= 15 is 0 Å². The first-order valence-electron chi connectivity index (χ1n) is 9.02. The van der Waals surface area contributed by atoms with Crippen LogP contribution in [0, 0.1) is 11.8 Å². The predicted octanol–water partition coefficient (Wildman–Crippen LogP) is 1.65. The number of carbonyl (C=O) groups is 1. The van der Waals surface area contributed by atoms with Crippen LogP contribution >= 0.6 is 0 Å². The summed E-state index contributed by atoms with van der Waals surface area (Å²) in [5.41, 5.74) is 0. The largest absolute Gasteiger partial charge is 0.466 e. The number of carbonyl (C=O) groups excluding carboxylic acids is 1. The Morgan fingerprint density at radius 2 is 2.13 bits per heavy atom. The molecular weight excluding hydrogens is 294 g/mol. The molecule has 1 heterocycles. The number of likely N-dealkylation sites (tertiary alicyclic amines) is 1. The van der Waals surface area contributed by atoms with Gasteiger partial charge in [-0.15, -0.1) is 0 Å². The molecule has 1 saturated heterocycles. The maximum absolute atomic E-state index is 12.0. The summed E-state index contributed by atoms with van der Waals surface area (Å²) in [6.45, 7) is 9.01. The average molecular weight is 325 g/mol. The van der Waals surface area contributed by atoms with Gasteiger partial charge in [0.1, 0.15) is 0 Å². The van der Waals surface area contributed by atoms with Crippen LogP contribution in [0.3, 0.4) is 0 Å². The summed E-state index contributed by atoms with van der Waals surface area (Å²) in [6.07, 6.45) is 4.52. The van der Waals surface area contributed by atoms with Crippen molar-refractivity contribution in [2.75, 3.05) is 46.0 Å². The molecule has 1 aliphatic carbocycles. The summed E-state index contributed by atoms with van der Waals surface area (Å²) in [5.74, 6) is 1.55. The fourth-order valence-corrected chi connectivity index (χ4v) is 2.80. The van der Waals surface area contributed by atoms with Crippen LogP contribution in [0.5, 0.6) is 0 Å². The molecule has 2 fully saturated rings. The molecule has 1 saturated carbocycles. The molecule has 1 N–H and O–H groups in total. The van der Waals surface area contributed by atoms with Crippen molar-refractivity contribution in [1.29, 1.82) is 0 Å². The Morgan fingerprint density at radius 1 is 1.30 bits per heavy atom. The van der Waals surface area contributed by atoms with Crippen molar-refractivity contribution in [2.45, 2.75) is 39.5 Å². The van der Waals surface area contributed by atoms with Crippen molar-refractivity contribution in [3.05, 3.63) is 0 Å². The van der Waals surface area contributed by atoms with E-state index in [1.807, 2.05) is 6.92 Å². The quantitative estimate of drug-likeness (QED) is 0.318. The van der Waals surface area contributed by atoms with E-state index in [0.717, 1.165) is 44.4 Å². The molecule has 0 aromatic heterocycles. The van der Waals surface area contributed by atoms with Crippen molar-refractivity contribution < 1.29 is 14.3 Å². The number of hydrogen-bond acceptors (Lipinski definition) is 4. The molecule has 23 heavy (non-hydrogen) atoms. The monoisotopic (exact) mass is 325 g/mol. The molecule has 2 aliphatic rings. The van der Waals surface area contributed by atoms with E-state index in [9.17, 15) is 4.79 Å². The standard InChI is InChI=1S/C17H31N3O3/c1-3-18-17(19-9-11-22-13-14-7-8-14)20-10-5-6-15(12-20)16(21)23-4-2/h14-15H,3-13H2,1-2H3,(H,18,19). The lowest BCUT2D eigenvalue weighted by molar-refractivity contribution is -0.149. The first-order chi connectivity index (χ1) is 11.2. The van der Waals surface area contributed by atoms with E-state index in [1.54, 1.807) is 0 Å². The number of ether oxygens (including phenoxy) is 2. The third kappa shape index (κ3) is 6.37.